The maximum Gasteiger partial charge on any atom is 0.164 e. The molecule has 6 heteroatoms. The molecule has 3 N–H and O–H groups in total. The number of hydrogen-bond acceptors (Lipinski definition) is 6. The zero-order valence-electron chi connectivity index (χ0n) is 11.2. The zero-order chi connectivity index (χ0) is 13.5. The first-order valence-electron chi connectivity index (χ1n) is 6.52. The fraction of sp³-hybridized carbons (Fsp3) is 0.538. The average molecular weight is 278 g/mol. The number of fused-ring (bicyclic) bond motifs is 1. The summed E-state index contributed by atoms with van der Waals surface area (Å²) in [4.78, 5) is 11.4. The van der Waals surface area contributed by atoms with Gasteiger partial charge in [0.1, 0.15) is 10.4 Å². The van der Waals surface area contributed by atoms with Crippen molar-refractivity contribution in [3.8, 4) is 0 Å². The number of rotatable bonds is 2. The van der Waals surface area contributed by atoms with Gasteiger partial charge in [-0.1, -0.05) is 0 Å². The van der Waals surface area contributed by atoms with Crippen LogP contribution in [-0.2, 0) is 10.3 Å². The monoisotopic (exact) mass is 278 g/mol. The van der Waals surface area contributed by atoms with E-state index in [9.17, 15) is 0 Å². The Bertz CT molecular complexity index is 604. The lowest BCUT2D eigenvalue weighted by molar-refractivity contribution is -0.0757. The molecule has 0 aliphatic carbocycles. The van der Waals surface area contributed by atoms with Crippen LogP contribution in [0.1, 0.15) is 36.9 Å². The molecule has 0 radical (unpaired) electrons. The molecule has 0 aromatic carbocycles. The van der Waals surface area contributed by atoms with Gasteiger partial charge in [0.15, 0.2) is 11.6 Å². The largest absolute Gasteiger partial charge is 0.367 e. The molecule has 0 amide bonds. The summed E-state index contributed by atoms with van der Waals surface area (Å²) >= 11 is 1.66. The fourth-order valence-corrected chi connectivity index (χ4v) is 3.38. The van der Waals surface area contributed by atoms with E-state index in [1.54, 1.807) is 11.3 Å². The van der Waals surface area contributed by atoms with Crippen LogP contribution in [0.25, 0.3) is 10.2 Å². The summed E-state index contributed by atoms with van der Waals surface area (Å²) in [6.07, 6.45) is 3.21. The predicted molar refractivity (Wildman–Crippen MR) is 77.1 cm³/mol. The SMILES string of the molecule is Cc1cc2c(NN)nc(C3(C)CCCCO3)nc2s1. The van der Waals surface area contributed by atoms with E-state index in [2.05, 4.69) is 35.3 Å². The van der Waals surface area contributed by atoms with Gasteiger partial charge in [-0.15, -0.1) is 11.3 Å². The van der Waals surface area contributed by atoms with E-state index in [1.165, 1.54) is 4.88 Å². The van der Waals surface area contributed by atoms with Crippen LogP contribution in [0.4, 0.5) is 5.82 Å². The van der Waals surface area contributed by atoms with Crippen molar-refractivity contribution in [2.24, 2.45) is 5.84 Å². The summed E-state index contributed by atoms with van der Waals surface area (Å²) < 4.78 is 5.92. The Hall–Kier alpha value is -1.24. The van der Waals surface area contributed by atoms with Crippen LogP contribution in [-0.4, -0.2) is 16.6 Å². The maximum atomic E-state index is 5.92. The molecule has 5 nitrogen and oxygen atoms in total. The van der Waals surface area contributed by atoms with Gasteiger partial charge in [0.05, 0.1) is 5.39 Å². The molecule has 2 aromatic heterocycles. The quantitative estimate of drug-likeness (QED) is 0.652. The van der Waals surface area contributed by atoms with Crippen LogP contribution in [0.15, 0.2) is 6.07 Å². The molecule has 102 valence electrons. The van der Waals surface area contributed by atoms with E-state index in [4.69, 9.17) is 10.6 Å². The van der Waals surface area contributed by atoms with Crippen LogP contribution in [0.3, 0.4) is 0 Å². The summed E-state index contributed by atoms with van der Waals surface area (Å²) in [6.45, 7) is 4.89. The van der Waals surface area contributed by atoms with Crippen molar-refractivity contribution in [2.75, 3.05) is 12.0 Å². The van der Waals surface area contributed by atoms with Crippen molar-refractivity contribution in [1.29, 1.82) is 0 Å². The van der Waals surface area contributed by atoms with Gasteiger partial charge in [-0.2, -0.15) is 0 Å². The first-order valence-corrected chi connectivity index (χ1v) is 7.33. The number of thiophene rings is 1. The number of aromatic nitrogens is 2. The summed E-state index contributed by atoms with van der Waals surface area (Å²) in [6, 6.07) is 2.06. The Balaban J connectivity index is 2.13. The average Bonchev–Trinajstić information content (AvgIpc) is 2.78. The highest BCUT2D eigenvalue weighted by atomic mass is 32.1. The van der Waals surface area contributed by atoms with Gasteiger partial charge in [-0.3, -0.25) is 0 Å². The number of nitrogens with two attached hydrogens (primary N) is 1. The second kappa shape index (κ2) is 4.70. The molecular formula is C13H18N4OS. The summed E-state index contributed by atoms with van der Waals surface area (Å²) in [5.41, 5.74) is 2.29. The predicted octanol–water partition coefficient (Wildman–Crippen LogP) is 2.70. The first kappa shape index (κ1) is 12.8. The molecule has 1 aliphatic rings. The minimum Gasteiger partial charge on any atom is -0.367 e. The molecular weight excluding hydrogens is 260 g/mol. The number of hydrazine groups is 1. The molecule has 3 heterocycles. The number of hydrogen-bond donors (Lipinski definition) is 2. The topological polar surface area (TPSA) is 73.1 Å². The molecule has 0 bridgehead atoms. The van der Waals surface area contributed by atoms with Crippen molar-refractivity contribution >= 4 is 27.4 Å². The molecule has 0 spiro atoms. The van der Waals surface area contributed by atoms with Crippen LogP contribution < -0.4 is 11.3 Å². The summed E-state index contributed by atoms with van der Waals surface area (Å²) in [5, 5.41) is 0.980. The van der Waals surface area contributed by atoms with Crippen molar-refractivity contribution in [3.05, 3.63) is 16.8 Å². The second-order valence-electron chi connectivity index (χ2n) is 5.15. The van der Waals surface area contributed by atoms with Gasteiger partial charge in [-0.05, 0) is 39.2 Å². The third-order valence-corrected chi connectivity index (χ3v) is 4.54. The van der Waals surface area contributed by atoms with Gasteiger partial charge in [0, 0.05) is 11.5 Å². The Morgan fingerprint density at radius 3 is 2.95 bits per heavy atom. The molecule has 1 atom stereocenters. The van der Waals surface area contributed by atoms with Gasteiger partial charge in [0.25, 0.3) is 0 Å². The highest BCUT2D eigenvalue weighted by molar-refractivity contribution is 7.18. The van der Waals surface area contributed by atoms with Gasteiger partial charge in [0.2, 0.25) is 0 Å². The molecule has 1 saturated heterocycles. The van der Waals surface area contributed by atoms with E-state index in [-0.39, 0.29) is 0 Å². The standard InChI is InChI=1S/C13H18N4OS/c1-8-7-9-10(17-14)15-12(16-11(9)19-8)13(2)5-3-4-6-18-13/h7H,3-6,14H2,1-2H3,(H,15,16,17). The number of anilines is 1. The van der Waals surface area contributed by atoms with Crippen molar-refractivity contribution in [2.45, 2.75) is 38.7 Å². The number of nitrogens with one attached hydrogen (secondary N) is 1. The molecule has 1 aliphatic heterocycles. The summed E-state index contributed by atoms with van der Waals surface area (Å²) in [7, 11) is 0. The minimum absolute atomic E-state index is 0.393. The fourth-order valence-electron chi connectivity index (χ4n) is 2.50. The third kappa shape index (κ3) is 2.20. The van der Waals surface area contributed by atoms with Crippen molar-refractivity contribution in [1.82, 2.24) is 9.97 Å². The highest BCUT2D eigenvalue weighted by Crippen LogP contribution is 2.36. The number of aryl methyl sites for hydroxylation is 1. The highest BCUT2D eigenvalue weighted by Gasteiger charge is 2.33. The molecule has 2 aromatic rings. The van der Waals surface area contributed by atoms with Crippen LogP contribution >= 0.6 is 11.3 Å². The Morgan fingerprint density at radius 2 is 2.26 bits per heavy atom. The van der Waals surface area contributed by atoms with Gasteiger partial charge >= 0.3 is 0 Å². The molecule has 1 fully saturated rings. The first-order chi connectivity index (χ1) is 9.12. The van der Waals surface area contributed by atoms with Crippen molar-refractivity contribution in [3.63, 3.8) is 0 Å². The number of ether oxygens (including phenoxy) is 1. The van der Waals surface area contributed by atoms with E-state index < -0.39 is 5.60 Å². The van der Waals surface area contributed by atoms with E-state index in [0.717, 1.165) is 41.9 Å². The van der Waals surface area contributed by atoms with Crippen LogP contribution in [0, 0.1) is 6.92 Å². The van der Waals surface area contributed by atoms with Crippen LogP contribution in [0.2, 0.25) is 0 Å². The Morgan fingerprint density at radius 1 is 1.42 bits per heavy atom. The van der Waals surface area contributed by atoms with Crippen molar-refractivity contribution < 1.29 is 4.74 Å². The summed E-state index contributed by atoms with van der Waals surface area (Å²) in [5.74, 6) is 7.00. The third-order valence-electron chi connectivity index (χ3n) is 3.59. The molecule has 0 saturated carbocycles. The maximum absolute atomic E-state index is 5.92. The number of nitrogen functional groups attached to an aromatic ring is 1. The Kier molecular flexibility index (Phi) is 3.16. The lowest BCUT2D eigenvalue weighted by Gasteiger charge is -2.32. The Labute approximate surface area is 116 Å². The smallest absolute Gasteiger partial charge is 0.164 e. The zero-order valence-corrected chi connectivity index (χ0v) is 12.0. The second-order valence-corrected chi connectivity index (χ2v) is 6.39. The number of nitrogens with zero attached hydrogens (tertiary/aromatic N) is 2. The molecule has 1 unspecified atom stereocenters. The normalized spacial score (nSPS) is 23.7. The molecule has 19 heavy (non-hydrogen) atoms. The van der Waals surface area contributed by atoms with Gasteiger partial charge < -0.3 is 10.2 Å². The minimum atomic E-state index is -0.393. The van der Waals surface area contributed by atoms with E-state index in [1.807, 2.05) is 0 Å². The van der Waals surface area contributed by atoms with E-state index >= 15 is 0 Å². The van der Waals surface area contributed by atoms with Crippen LogP contribution in [0.5, 0.6) is 0 Å². The van der Waals surface area contributed by atoms with Gasteiger partial charge in [-0.25, -0.2) is 15.8 Å². The lowest BCUT2D eigenvalue weighted by Crippen LogP contribution is -2.32. The van der Waals surface area contributed by atoms with E-state index in [0.29, 0.717) is 5.82 Å². The molecule has 3 rings (SSSR count). The lowest BCUT2D eigenvalue weighted by atomic mass is 9.95.